The number of carbonyl (C=O) groups is 1. The van der Waals surface area contributed by atoms with E-state index in [4.69, 9.17) is 0 Å². The van der Waals surface area contributed by atoms with Crippen molar-refractivity contribution in [2.24, 2.45) is 0 Å². The molecule has 0 aliphatic carbocycles. The van der Waals surface area contributed by atoms with Crippen LogP contribution in [0.2, 0.25) is 0 Å². The van der Waals surface area contributed by atoms with E-state index in [9.17, 15) is 4.79 Å². The summed E-state index contributed by atoms with van der Waals surface area (Å²) in [6.07, 6.45) is 2.66. The molecule has 1 aliphatic rings. The standard InChI is InChI=1S/C15H22N2O/c1-12-3-5-13(6-4-12)11-15(18)17-9-7-14(16-2)8-10-17/h3-6,14,16H,7-11H2,1-2H3. The van der Waals surface area contributed by atoms with Crippen molar-refractivity contribution in [3.05, 3.63) is 35.4 Å². The molecule has 2 rings (SSSR count). The van der Waals surface area contributed by atoms with Crippen molar-refractivity contribution >= 4 is 5.91 Å². The molecule has 0 spiro atoms. The minimum absolute atomic E-state index is 0.258. The fourth-order valence-corrected chi connectivity index (χ4v) is 2.41. The molecule has 0 radical (unpaired) electrons. The van der Waals surface area contributed by atoms with Gasteiger partial charge in [0, 0.05) is 19.1 Å². The highest BCUT2D eigenvalue weighted by molar-refractivity contribution is 5.78. The van der Waals surface area contributed by atoms with Gasteiger partial charge in [-0.05, 0) is 32.4 Å². The third-order valence-electron chi connectivity index (χ3n) is 3.73. The van der Waals surface area contributed by atoms with Gasteiger partial charge in [0.1, 0.15) is 0 Å². The zero-order valence-electron chi connectivity index (χ0n) is 11.3. The van der Waals surface area contributed by atoms with Gasteiger partial charge < -0.3 is 10.2 Å². The molecule has 1 fully saturated rings. The first-order chi connectivity index (χ1) is 8.69. The van der Waals surface area contributed by atoms with Crippen molar-refractivity contribution in [2.45, 2.75) is 32.2 Å². The van der Waals surface area contributed by atoms with Gasteiger partial charge >= 0.3 is 0 Å². The molecule has 1 saturated heterocycles. The van der Waals surface area contributed by atoms with Gasteiger partial charge in [0.15, 0.2) is 0 Å². The largest absolute Gasteiger partial charge is 0.342 e. The Hall–Kier alpha value is -1.35. The van der Waals surface area contributed by atoms with E-state index >= 15 is 0 Å². The lowest BCUT2D eigenvalue weighted by molar-refractivity contribution is -0.131. The van der Waals surface area contributed by atoms with Crippen LogP contribution in [0.15, 0.2) is 24.3 Å². The minimum atomic E-state index is 0.258. The second kappa shape index (κ2) is 6.01. The van der Waals surface area contributed by atoms with Crippen LogP contribution in [0.3, 0.4) is 0 Å². The Bertz CT molecular complexity index is 391. The molecule has 1 aromatic carbocycles. The molecular weight excluding hydrogens is 224 g/mol. The van der Waals surface area contributed by atoms with E-state index in [2.05, 4.69) is 24.4 Å². The molecule has 1 heterocycles. The number of nitrogens with zero attached hydrogens (tertiary/aromatic N) is 1. The Morgan fingerprint density at radius 1 is 1.28 bits per heavy atom. The summed E-state index contributed by atoms with van der Waals surface area (Å²) in [4.78, 5) is 14.1. The molecule has 3 nitrogen and oxygen atoms in total. The summed E-state index contributed by atoms with van der Waals surface area (Å²) in [6.45, 7) is 3.83. The Kier molecular flexibility index (Phi) is 4.37. The second-order valence-corrected chi connectivity index (χ2v) is 5.11. The zero-order chi connectivity index (χ0) is 13.0. The number of benzene rings is 1. The number of piperidine rings is 1. The number of nitrogens with one attached hydrogen (secondary N) is 1. The highest BCUT2D eigenvalue weighted by atomic mass is 16.2. The van der Waals surface area contributed by atoms with Gasteiger partial charge in [0.2, 0.25) is 5.91 Å². The summed E-state index contributed by atoms with van der Waals surface area (Å²) < 4.78 is 0. The molecular formula is C15H22N2O. The van der Waals surface area contributed by atoms with Crippen LogP contribution in [0.1, 0.15) is 24.0 Å². The number of hydrogen-bond donors (Lipinski definition) is 1. The molecule has 1 N–H and O–H groups in total. The average Bonchev–Trinajstić information content (AvgIpc) is 2.41. The van der Waals surface area contributed by atoms with Crippen LogP contribution < -0.4 is 5.32 Å². The van der Waals surface area contributed by atoms with Crippen molar-refractivity contribution in [1.29, 1.82) is 0 Å². The Morgan fingerprint density at radius 2 is 1.89 bits per heavy atom. The predicted octanol–water partition coefficient (Wildman–Crippen LogP) is 1.75. The maximum Gasteiger partial charge on any atom is 0.226 e. The second-order valence-electron chi connectivity index (χ2n) is 5.11. The van der Waals surface area contributed by atoms with E-state index in [0.717, 1.165) is 31.5 Å². The number of likely N-dealkylation sites (tertiary alicyclic amines) is 1. The fraction of sp³-hybridized carbons (Fsp3) is 0.533. The van der Waals surface area contributed by atoms with Crippen LogP contribution >= 0.6 is 0 Å². The Labute approximate surface area is 109 Å². The van der Waals surface area contributed by atoms with E-state index in [1.807, 2.05) is 24.1 Å². The van der Waals surface area contributed by atoms with Gasteiger partial charge in [-0.3, -0.25) is 4.79 Å². The maximum atomic E-state index is 12.2. The van der Waals surface area contributed by atoms with Crippen molar-refractivity contribution < 1.29 is 4.79 Å². The topological polar surface area (TPSA) is 32.3 Å². The summed E-state index contributed by atoms with van der Waals surface area (Å²) in [5.41, 5.74) is 2.35. The number of rotatable bonds is 3. The lowest BCUT2D eigenvalue weighted by Crippen LogP contribution is -2.44. The van der Waals surface area contributed by atoms with Crippen LogP contribution in [0.5, 0.6) is 0 Å². The molecule has 0 saturated carbocycles. The van der Waals surface area contributed by atoms with E-state index in [1.54, 1.807) is 0 Å². The van der Waals surface area contributed by atoms with Gasteiger partial charge in [-0.2, -0.15) is 0 Å². The van der Waals surface area contributed by atoms with Gasteiger partial charge in [0.05, 0.1) is 6.42 Å². The van der Waals surface area contributed by atoms with Gasteiger partial charge in [-0.1, -0.05) is 29.8 Å². The summed E-state index contributed by atoms with van der Waals surface area (Å²) in [6, 6.07) is 8.81. The molecule has 0 atom stereocenters. The normalized spacial score (nSPS) is 16.9. The lowest BCUT2D eigenvalue weighted by Gasteiger charge is -2.31. The molecule has 0 bridgehead atoms. The molecule has 98 valence electrons. The Morgan fingerprint density at radius 3 is 2.44 bits per heavy atom. The number of amides is 1. The quantitative estimate of drug-likeness (QED) is 0.881. The highest BCUT2D eigenvalue weighted by Crippen LogP contribution is 2.12. The first kappa shape index (κ1) is 13.1. The zero-order valence-corrected chi connectivity index (χ0v) is 11.3. The van der Waals surface area contributed by atoms with E-state index in [1.165, 1.54) is 5.56 Å². The van der Waals surface area contributed by atoms with Crippen LogP contribution in [0.4, 0.5) is 0 Å². The number of aryl methyl sites for hydroxylation is 1. The summed E-state index contributed by atoms with van der Waals surface area (Å²) in [5.74, 6) is 0.258. The summed E-state index contributed by atoms with van der Waals surface area (Å²) in [5, 5.41) is 3.28. The Balaban J connectivity index is 1.87. The first-order valence-corrected chi connectivity index (χ1v) is 6.69. The molecule has 1 amide bonds. The molecule has 0 unspecified atom stereocenters. The van der Waals surface area contributed by atoms with Crippen molar-refractivity contribution in [2.75, 3.05) is 20.1 Å². The van der Waals surface area contributed by atoms with Crippen molar-refractivity contribution in [3.63, 3.8) is 0 Å². The summed E-state index contributed by atoms with van der Waals surface area (Å²) in [7, 11) is 1.99. The summed E-state index contributed by atoms with van der Waals surface area (Å²) >= 11 is 0. The van der Waals surface area contributed by atoms with Gasteiger partial charge in [0.25, 0.3) is 0 Å². The third-order valence-corrected chi connectivity index (χ3v) is 3.73. The minimum Gasteiger partial charge on any atom is -0.342 e. The number of carbonyl (C=O) groups excluding carboxylic acids is 1. The van der Waals surface area contributed by atoms with Crippen molar-refractivity contribution in [3.8, 4) is 0 Å². The maximum absolute atomic E-state index is 12.2. The van der Waals surface area contributed by atoms with E-state index in [-0.39, 0.29) is 5.91 Å². The number of hydrogen-bond acceptors (Lipinski definition) is 2. The SMILES string of the molecule is CNC1CCN(C(=O)Cc2ccc(C)cc2)CC1. The smallest absolute Gasteiger partial charge is 0.226 e. The van der Waals surface area contributed by atoms with Gasteiger partial charge in [-0.15, -0.1) is 0 Å². The van der Waals surface area contributed by atoms with Crippen molar-refractivity contribution in [1.82, 2.24) is 10.2 Å². The molecule has 18 heavy (non-hydrogen) atoms. The van der Waals surface area contributed by atoms with E-state index < -0.39 is 0 Å². The molecule has 0 aromatic heterocycles. The van der Waals surface area contributed by atoms with E-state index in [0.29, 0.717) is 12.5 Å². The molecule has 1 aliphatic heterocycles. The predicted molar refractivity (Wildman–Crippen MR) is 73.5 cm³/mol. The first-order valence-electron chi connectivity index (χ1n) is 6.69. The highest BCUT2D eigenvalue weighted by Gasteiger charge is 2.21. The fourth-order valence-electron chi connectivity index (χ4n) is 2.41. The lowest BCUT2D eigenvalue weighted by atomic mass is 10.0. The third kappa shape index (κ3) is 3.33. The van der Waals surface area contributed by atoms with Crippen LogP contribution in [0, 0.1) is 6.92 Å². The van der Waals surface area contributed by atoms with Crippen LogP contribution in [0.25, 0.3) is 0 Å². The average molecular weight is 246 g/mol. The van der Waals surface area contributed by atoms with Crippen LogP contribution in [-0.4, -0.2) is 37.0 Å². The van der Waals surface area contributed by atoms with Gasteiger partial charge in [-0.25, -0.2) is 0 Å². The monoisotopic (exact) mass is 246 g/mol. The molecule has 3 heteroatoms. The molecule has 1 aromatic rings. The van der Waals surface area contributed by atoms with Crippen LogP contribution in [-0.2, 0) is 11.2 Å².